The fraction of sp³-hybridized carbons (Fsp3) is 0.545. The van der Waals surface area contributed by atoms with E-state index < -0.39 is 0 Å². The summed E-state index contributed by atoms with van der Waals surface area (Å²) < 4.78 is 12.9. The smallest absolute Gasteiger partial charge is 0.141 e. The van der Waals surface area contributed by atoms with Gasteiger partial charge in [-0.1, -0.05) is 6.92 Å². The average Bonchev–Trinajstić information content (AvgIpc) is 2.15. The first kappa shape index (κ1) is 10.5. The molecule has 3 nitrogen and oxygen atoms in total. The molecule has 0 bridgehead atoms. The Hall–Kier alpha value is -1.00. The minimum atomic E-state index is -0.275. The van der Waals surface area contributed by atoms with Gasteiger partial charge in [-0.3, -0.25) is 9.88 Å². The van der Waals surface area contributed by atoms with Gasteiger partial charge in [0, 0.05) is 31.4 Å². The van der Waals surface area contributed by atoms with Crippen molar-refractivity contribution in [1.82, 2.24) is 9.88 Å². The van der Waals surface area contributed by atoms with Gasteiger partial charge in [0.25, 0.3) is 0 Å². The Kier molecular flexibility index (Phi) is 2.71. The Morgan fingerprint density at radius 2 is 2.27 bits per heavy atom. The van der Waals surface area contributed by atoms with E-state index >= 15 is 0 Å². The third kappa shape index (κ3) is 2.33. The molecule has 1 aromatic rings. The van der Waals surface area contributed by atoms with Gasteiger partial charge in [0.15, 0.2) is 0 Å². The van der Waals surface area contributed by atoms with Crippen LogP contribution in [-0.2, 0) is 6.54 Å². The third-order valence-corrected chi connectivity index (χ3v) is 2.95. The normalized spacial score (nSPS) is 19.9. The molecule has 0 unspecified atom stereocenters. The van der Waals surface area contributed by atoms with E-state index in [-0.39, 0.29) is 11.4 Å². The summed E-state index contributed by atoms with van der Waals surface area (Å²) >= 11 is 0. The first-order valence-electron chi connectivity index (χ1n) is 5.22. The van der Waals surface area contributed by atoms with Crippen LogP contribution in [0, 0.1) is 5.82 Å². The highest BCUT2D eigenvalue weighted by Crippen LogP contribution is 2.23. The van der Waals surface area contributed by atoms with E-state index in [9.17, 15) is 4.39 Å². The molecule has 1 aliphatic rings. The van der Waals surface area contributed by atoms with E-state index in [0.29, 0.717) is 0 Å². The van der Waals surface area contributed by atoms with Gasteiger partial charge in [0.1, 0.15) is 5.82 Å². The van der Waals surface area contributed by atoms with Crippen molar-refractivity contribution in [3.8, 4) is 0 Å². The molecule has 0 spiro atoms. The molecule has 0 atom stereocenters. The molecule has 1 fully saturated rings. The van der Waals surface area contributed by atoms with Crippen LogP contribution in [0.3, 0.4) is 0 Å². The SMILES string of the molecule is CCC1(N)CN(Cc2cncc(F)c2)C1. The number of halogens is 1. The fourth-order valence-electron chi connectivity index (χ4n) is 1.98. The quantitative estimate of drug-likeness (QED) is 0.811. The Balaban J connectivity index is 1.90. The molecule has 15 heavy (non-hydrogen) atoms. The summed E-state index contributed by atoms with van der Waals surface area (Å²) in [4.78, 5) is 6.03. The van der Waals surface area contributed by atoms with E-state index in [2.05, 4.69) is 16.8 Å². The lowest BCUT2D eigenvalue weighted by Crippen LogP contribution is -2.66. The lowest BCUT2D eigenvalue weighted by molar-refractivity contribution is 0.0605. The van der Waals surface area contributed by atoms with Crippen LogP contribution in [0.25, 0.3) is 0 Å². The highest BCUT2D eigenvalue weighted by atomic mass is 19.1. The maximum absolute atomic E-state index is 12.9. The van der Waals surface area contributed by atoms with Crippen LogP contribution in [0.2, 0.25) is 0 Å². The molecule has 0 aromatic carbocycles. The van der Waals surface area contributed by atoms with Gasteiger partial charge in [0.05, 0.1) is 6.20 Å². The monoisotopic (exact) mass is 209 g/mol. The van der Waals surface area contributed by atoms with Crippen LogP contribution in [0.5, 0.6) is 0 Å². The molecule has 4 heteroatoms. The molecule has 2 rings (SSSR count). The lowest BCUT2D eigenvalue weighted by Gasteiger charge is -2.47. The Morgan fingerprint density at radius 1 is 1.53 bits per heavy atom. The Labute approximate surface area is 89.1 Å². The summed E-state index contributed by atoms with van der Waals surface area (Å²) in [5.74, 6) is -0.275. The summed E-state index contributed by atoms with van der Waals surface area (Å²) in [5, 5.41) is 0. The van der Waals surface area contributed by atoms with Crippen LogP contribution < -0.4 is 5.73 Å². The van der Waals surface area contributed by atoms with Crippen molar-refractivity contribution in [1.29, 1.82) is 0 Å². The van der Waals surface area contributed by atoms with E-state index in [4.69, 9.17) is 5.73 Å². The zero-order valence-electron chi connectivity index (χ0n) is 8.91. The van der Waals surface area contributed by atoms with Gasteiger partial charge in [-0.2, -0.15) is 0 Å². The number of nitrogens with two attached hydrogens (primary N) is 1. The average molecular weight is 209 g/mol. The van der Waals surface area contributed by atoms with Gasteiger partial charge in [-0.15, -0.1) is 0 Å². The van der Waals surface area contributed by atoms with Crippen molar-refractivity contribution < 1.29 is 4.39 Å². The Morgan fingerprint density at radius 3 is 2.87 bits per heavy atom. The number of hydrogen-bond donors (Lipinski definition) is 1. The molecule has 1 aliphatic heterocycles. The van der Waals surface area contributed by atoms with E-state index in [1.54, 1.807) is 6.20 Å². The second-order valence-corrected chi connectivity index (χ2v) is 4.37. The zero-order chi connectivity index (χ0) is 10.9. The number of aromatic nitrogens is 1. The highest BCUT2D eigenvalue weighted by molar-refractivity contribution is 5.12. The van der Waals surface area contributed by atoms with Crippen molar-refractivity contribution in [2.24, 2.45) is 5.73 Å². The van der Waals surface area contributed by atoms with Gasteiger partial charge in [0.2, 0.25) is 0 Å². The molecule has 2 heterocycles. The van der Waals surface area contributed by atoms with E-state index in [1.807, 2.05) is 0 Å². The number of pyridine rings is 1. The number of rotatable bonds is 3. The predicted octanol–water partition coefficient (Wildman–Crippen LogP) is 1.14. The van der Waals surface area contributed by atoms with Crippen LogP contribution in [0.4, 0.5) is 4.39 Å². The number of hydrogen-bond acceptors (Lipinski definition) is 3. The standard InChI is InChI=1S/C11H16FN3/c1-2-11(13)7-15(8-11)6-9-3-10(12)5-14-4-9/h3-5H,2,6-8,13H2,1H3. The summed E-state index contributed by atoms with van der Waals surface area (Å²) in [6.45, 7) is 4.62. The van der Waals surface area contributed by atoms with Gasteiger partial charge >= 0.3 is 0 Å². The van der Waals surface area contributed by atoms with Gasteiger partial charge in [-0.25, -0.2) is 4.39 Å². The first-order chi connectivity index (χ1) is 7.11. The largest absolute Gasteiger partial charge is 0.323 e. The van der Waals surface area contributed by atoms with Crippen molar-refractivity contribution in [2.45, 2.75) is 25.4 Å². The molecule has 82 valence electrons. The van der Waals surface area contributed by atoms with Crippen molar-refractivity contribution in [2.75, 3.05) is 13.1 Å². The van der Waals surface area contributed by atoms with Crippen LogP contribution in [0.15, 0.2) is 18.5 Å². The number of likely N-dealkylation sites (tertiary alicyclic amines) is 1. The highest BCUT2D eigenvalue weighted by Gasteiger charge is 2.37. The summed E-state index contributed by atoms with van der Waals surface area (Å²) in [6, 6.07) is 1.52. The topological polar surface area (TPSA) is 42.1 Å². The second-order valence-electron chi connectivity index (χ2n) is 4.37. The van der Waals surface area contributed by atoms with E-state index in [1.165, 1.54) is 12.3 Å². The Bertz CT molecular complexity index is 347. The predicted molar refractivity (Wildman–Crippen MR) is 56.7 cm³/mol. The minimum absolute atomic E-state index is 0.0270. The molecule has 2 N–H and O–H groups in total. The molecule has 1 aromatic heterocycles. The summed E-state index contributed by atoms with van der Waals surface area (Å²) in [6.07, 6.45) is 3.91. The van der Waals surface area contributed by atoms with Crippen LogP contribution in [-0.4, -0.2) is 28.5 Å². The molecular formula is C11H16FN3. The summed E-state index contributed by atoms with van der Waals surface area (Å²) in [5.41, 5.74) is 6.93. The van der Waals surface area contributed by atoms with E-state index in [0.717, 1.165) is 31.6 Å². The maximum Gasteiger partial charge on any atom is 0.141 e. The molecule has 1 saturated heterocycles. The number of nitrogens with zero attached hydrogens (tertiary/aromatic N) is 2. The molecule has 0 saturated carbocycles. The minimum Gasteiger partial charge on any atom is -0.323 e. The summed E-state index contributed by atoms with van der Waals surface area (Å²) in [7, 11) is 0. The molecule has 0 radical (unpaired) electrons. The lowest BCUT2D eigenvalue weighted by atomic mass is 9.88. The molecule has 0 aliphatic carbocycles. The van der Waals surface area contributed by atoms with Gasteiger partial charge < -0.3 is 5.73 Å². The maximum atomic E-state index is 12.9. The van der Waals surface area contributed by atoms with Gasteiger partial charge in [-0.05, 0) is 18.1 Å². The molecule has 0 amide bonds. The van der Waals surface area contributed by atoms with Crippen LogP contribution in [0.1, 0.15) is 18.9 Å². The van der Waals surface area contributed by atoms with Crippen LogP contribution >= 0.6 is 0 Å². The van der Waals surface area contributed by atoms with Crippen molar-refractivity contribution in [3.05, 3.63) is 29.8 Å². The molecular weight excluding hydrogens is 193 g/mol. The first-order valence-corrected chi connectivity index (χ1v) is 5.22. The second kappa shape index (κ2) is 3.87. The third-order valence-electron chi connectivity index (χ3n) is 2.95. The van der Waals surface area contributed by atoms with Crippen molar-refractivity contribution in [3.63, 3.8) is 0 Å². The fourth-order valence-corrected chi connectivity index (χ4v) is 1.98. The zero-order valence-corrected chi connectivity index (χ0v) is 8.91. The van der Waals surface area contributed by atoms with Crippen molar-refractivity contribution >= 4 is 0 Å².